The molecule has 2 heterocycles. The van der Waals surface area contributed by atoms with Gasteiger partial charge in [-0.15, -0.1) is 0 Å². The number of rotatable bonds is 6. The van der Waals surface area contributed by atoms with Crippen molar-refractivity contribution < 1.29 is 13.2 Å². The molecule has 1 atom stereocenters. The second-order valence-electron chi connectivity index (χ2n) is 6.12. The molecule has 6 nitrogen and oxygen atoms in total. The van der Waals surface area contributed by atoms with E-state index in [0.29, 0.717) is 19.7 Å². The number of benzene rings is 1. The second-order valence-corrected chi connectivity index (χ2v) is 8.11. The highest BCUT2D eigenvalue weighted by molar-refractivity contribution is 7.86. The summed E-state index contributed by atoms with van der Waals surface area (Å²) in [7, 11) is -0.288. The minimum Gasteiger partial charge on any atom is -0.383 e. The number of pyridine rings is 1. The summed E-state index contributed by atoms with van der Waals surface area (Å²) in [6.07, 6.45) is 3.45. The fourth-order valence-corrected chi connectivity index (χ4v) is 4.83. The van der Waals surface area contributed by atoms with Gasteiger partial charge in [-0.2, -0.15) is 17.0 Å². The lowest BCUT2D eigenvalue weighted by molar-refractivity contribution is 0.146. The summed E-state index contributed by atoms with van der Waals surface area (Å²) >= 11 is 0. The Morgan fingerprint density at radius 1 is 1.33 bits per heavy atom. The maximum Gasteiger partial charge on any atom is 0.282 e. The Labute approximate surface area is 143 Å². The second kappa shape index (κ2) is 7.14. The number of fused-ring (bicyclic) bond motifs is 1. The molecule has 1 unspecified atom stereocenters. The van der Waals surface area contributed by atoms with Gasteiger partial charge in [0, 0.05) is 44.9 Å². The number of para-hydroxylation sites is 1. The van der Waals surface area contributed by atoms with Crippen molar-refractivity contribution in [2.75, 3.05) is 27.3 Å². The lowest BCUT2D eigenvalue weighted by Crippen LogP contribution is -2.45. The molecule has 1 aliphatic rings. The molecule has 0 saturated carbocycles. The predicted molar refractivity (Wildman–Crippen MR) is 93.7 cm³/mol. The van der Waals surface area contributed by atoms with Gasteiger partial charge in [0.1, 0.15) is 0 Å². The molecule has 2 aromatic rings. The maximum atomic E-state index is 12.9. The predicted octanol–water partition coefficient (Wildman–Crippen LogP) is 2.02. The normalized spacial score (nSPS) is 19.4. The fourth-order valence-electron chi connectivity index (χ4n) is 3.27. The highest BCUT2D eigenvalue weighted by atomic mass is 32.2. The van der Waals surface area contributed by atoms with E-state index in [1.165, 1.54) is 4.31 Å². The van der Waals surface area contributed by atoms with Crippen LogP contribution in [0.1, 0.15) is 18.4 Å². The Morgan fingerprint density at radius 2 is 2.12 bits per heavy atom. The SMILES string of the molecule is COCC1CCCN1S(=O)(=O)N(C)Cc1cccc2cccnc12. The maximum absolute atomic E-state index is 12.9. The van der Waals surface area contributed by atoms with Gasteiger partial charge in [0.05, 0.1) is 12.1 Å². The molecule has 1 aromatic carbocycles. The summed E-state index contributed by atoms with van der Waals surface area (Å²) in [5.41, 5.74) is 1.75. The van der Waals surface area contributed by atoms with Gasteiger partial charge < -0.3 is 4.74 Å². The Balaban J connectivity index is 1.84. The zero-order valence-electron chi connectivity index (χ0n) is 14.1. The van der Waals surface area contributed by atoms with E-state index in [2.05, 4.69) is 4.98 Å². The molecule has 1 saturated heterocycles. The standard InChI is InChI=1S/C17H23N3O3S/c1-19(24(21,22)20-11-5-9-16(20)13-23-2)12-15-7-3-6-14-8-4-10-18-17(14)15/h3-4,6-8,10,16H,5,9,11-13H2,1-2H3. The summed E-state index contributed by atoms with van der Waals surface area (Å²) < 4.78 is 34.0. The Morgan fingerprint density at radius 3 is 2.92 bits per heavy atom. The van der Waals surface area contributed by atoms with Crippen LogP contribution in [0.2, 0.25) is 0 Å². The summed E-state index contributed by atoms with van der Waals surface area (Å²) in [6.45, 7) is 1.28. The van der Waals surface area contributed by atoms with Crippen LogP contribution in [0.4, 0.5) is 0 Å². The number of hydrogen-bond acceptors (Lipinski definition) is 4. The van der Waals surface area contributed by atoms with Crippen molar-refractivity contribution in [3.63, 3.8) is 0 Å². The molecule has 0 N–H and O–H groups in total. The molecule has 1 aromatic heterocycles. The Hall–Kier alpha value is -1.54. The van der Waals surface area contributed by atoms with Crippen LogP contribution in [0.25, 0.3) is 10.9 Å². The molecule has 0 radical (unpaired) electrons. The van der Waals surface area contributed by atoms with E-state index < -0.39 is 10.2 Å². The lowest BCUT2D eigenvalue weighted by atomic mass is 10.1. The topological polar surface area (TPSA) is 62.7 Å². The summed E-state index contributed by atoms with van der Waals surface area (Å²) in [4.78, 5) is 4.40. The van der Waals surface area contributed by atoms with Crippen molar-refractivity contribution in [2.24, 2.45) is 0 Å². The molecule has 7 heteroatoms. The first-order valence-electron chi connectivity index (χ1n) is 8.08. The fraction of sp³-hybridized carbons (Fsp3) is 0.471. The van der Waals surface area contributed by atoms with Crippen molar-refractivity contribution in [2.45, 2.75) is 25.4 Å². The van der Waals surface area contributed by atoms with Gasteiger partial charge in [-0.3, -0.25) is 4.98 Å². The number of aromatic nitrogens is 1. The molecule has 0 bridgehead atoms. The van der Waals surface area contributed by atoms with Crippen molar-refractivity contribution in [1.82, 2.24) is 13.6 Å². The van der Waals surface area contributed by atoms with E-state index in [1.807, 2.05) is 30.3 Å². The minimum absolute atomic E-state index is 0.0758. The molecule has 1 fully saturated rings. The van der Waals surface area contributed by atoms with Crippen LogP contribution in [0, 0.1) is 0 Å². The molecule has 3 rings (SSSR count). The van der Waals surface area contributed by atoms with Crippen LogP contribution < -0.4 is 0 Å². The molecule has 1 aliphatic heterocycles. The largest absolute Gasteiger partial charge is 0.383 e. The third-order valence-electron chi connectivity index (χ3n) is 4.48. The van der Waals surface area contributed by atoms with Crippen LogP contribution in [-0.2, 0) is 21.5 Å². The number of hydrogen-bond donors (Lipinski definition) is 0. The van der Waals surface area contributed by atoms with E-state index in [-0.39, 0.29) is 6.04 Å². The average molecular weight is 349 g/mol. The van der Waals surface area contributed by atoms with Crippen LogP contribution in [0.5, 0.6) is 0 Å². The molecule has 0 amide bonds. The lowest BCUT2D eigenvalue weighted by Gasteiger charge is -2.28. The Kier molecular flexibility index (Phi) is 5.15. The molecule has 0 aliphatic carbocycles. The highest BCUT2D eigenvalue weighted by Crippen LogP contribution is 2.25. The number of nitrogens with zero attached hydrogens (tertiary/aromatic N) is 3. The van der Waals surface area contributed by atoms with Crippen molar-refractivity contribution in [1.29, 1.82) is 0 Å². The van der Waals surface area contributed by atoms with Crippen LogP contribution >= 0.6 is 0 Å². The van der Waals surface area contributed by atoms with Gasteiger partial charge in [-0.1, -0.05) is 24.3 Å². The first-order valence-corrected chi connectivity index (χ1v) is 9.48. The quantitative estimate of drug-likeness (QED) is 0.800. The molecule has 0 spiro atoms. The molecular formula is C17H23N3O3S. The summed E-state index contributed by atoms with van der Waals surface area (Å²) in [5, 5.41) is 1.01. The van der Waals surface area contributed by atoms with E-state index in [1.54, 1.807) is 24.7 Å². The van der Waals surface area contributed by atoms with Gasteiger partial charge in [0.2, 0.25) is 0 Å². The number of ether oxygens (including phenoxy) is 1. The van der Waals surface area contributed by atoms with Crippen molar-refractivity contribution in [3.8, 4) is 0 Å². The van der Waals surface area contributed by atoms with Gasteiger partial charge in [-0.05, 0) is 24.5 Å². The molecule has 130 valence electrons. The monoisotopic (exact) mass is 349 g/mol. The van der Waals surface area contributed by atoms with Crippen LogP contribution in [-0.4, -0.2) is 55.4 Å². The number of methoxy groups -OCH3 is 1. The average Bonchev–Trinajstić information content (AvgIpc) is 3.04. The van der Waals surface area contributed by atoms with Crippen molar-refractivity contribution >= 4 is 21.1 Å². The third-order valence-corrected chi connectivity index (χ3v) is 6.47. The first-order chi connectivity index (χ1) is 11.5. The smallest absolute Gasteiger partial charge is 0.282 e. The van der Waals surface area contributed by atoms with Crippen LogP contribution in [0.3, 0.4) is 0 Å². The van der Waals surface area contributed by atoms with E-state index in [4.69, 9.17) is 4.74 Å². The van der Waals surface area contributed by atoms with E-state index in [9.17, 15) is 8.42 Å². The Bertz CT molecular complexity index is 804. The van der Waals surface area contributed by atoms with Crippen LogP contribution in [0.15, 0.2) is 36.5 Å². The van der Waals surface area contributed by atoms with Gasteiger partial charge in [0.15, 0.2) is 0 Å². The minimum atomic E-state index is -3.52. The summed E-state index contributed by atoms with van der Waals surface area (Å²) in [5.74, 6) is 0. The zero-order chi connectivity index (χ0) is 17.2. The molecular weight excluding hydrogens is 326 g/mol. The first kappa shape index (κ1) is 17.3. The zero-order valence-corrected chi connectivity index (χ0v) is 14.9. The van der Waals surface area contributed by atoms with Gasteiger partial charge in [0.25, 0.3) is 10.2 Å². The van der Waals surface area contributed by atoms with Gasteiger partial charge >= 0.3 is 0 Å². The highest BCUT2D eigenvalue weighted by Gasteiger charge is 2.36. The molecule has 24 heavy (non-hydrogen) atoms. The van der Waals surface area contributed by atoms with Crippen molar-refractivity contribution in [3.05, 3.63) is 42.1 Å². The van der Waals surface area contributed by atoms with E-state index in [0.717, 1.165) is 29.3 Å². The van der Waals surface area contributed by atoms with Gasteiger partial charge in [-0.25, -0.2) is 0 Å². The third kappa shape index (κ3) is 3.30. The summed E-state index contributed by atoms with van der Waals surface area (Å²) in [6, 6.07) is 9.63. The van der Waals surface area contributed by atoms with E-state index >= 15 is 0 Å².